The van der Waals surface area contributed by atoms with Crippen LogP contribution < -0.4 is 4.72 Å². The quantitative estimate of drug-likeness (QED) is 0.746. The predicted molar refractivity (Wildman–Crippen MR) is 83.1 cm³/mol. The van der Waals surface area contributed by atoms with Crippen molar-refractivity contribution in [2.75, 3.05) is 18.4 Å². The number of H-pyrrole nitrogens is 1. The third kappa shape index (κ3) is 3.71. The monoisotopic (exact) mass is 353 g/mol. The van der Waals surface area contributed by atoms with E-state index in [4.69, 9.17) is 4.74 Å². The van der Waals surface area contributed by atoms with Crippen LogP contribution in [0.4, 0.5) is 5.82 Å². The zero-order valence-electron chi connectivity index (χ0n) is 12.9. The number of sulfonamides is 1. The lowest BCUT2D eigenvalue weighted by Gasteiger charge is -2.09. The molecule has 1 aromatic heterocycles. The first-order valence-electron chi connectivity index (χ1n) is 6.80. The molecule has 0 unspecified atom stereocenters. The minimum Gasteiger partial charge on any atom is -0.465 e. The van der Waals surface area contributed by atoms with Crippen LogP contribution in [-0.4, -0.2) is 44.3 Å². The molecule has 0 spiro atoms. The lowest BCUT2D eigenvalue weighted by atomic mass is 10.2. The summed E-state index contributed by atoms with van der Waals surface area (Å²) in [7, 11) is -2.86. The molecule has 0 saturated carbocycles. The summed E-state index contributed by atoms with van der Waals surface area (Å²) in [6, 6.07) is 5.29. The number of hydrogen-bond donors (Lipinski definition) is 2. The number of nitrogens with one attached hydrogen (secondary N) is 2. The maximum absolute atomic E-state index is 12.4. The Bertz CT molecular complexity index is 859. The number of hydrogen-bond acceptors (Lipinski definition) is 7. The van der Waals surface area contributed by atoms with Gasteiger partial charge >= 0.3 is 11.9 Å². The molecule has 9 nitrogen and oxygen atoms in total. The number of ether oxygens (including phenoxy) is 2. The van der Waals surface area contributed by atoms with Crippen molar-refractivity contribution in [2.24, 2.45) is 0 Å². The molecule has 24 heavy (non-hydrogen) atoms. The fraction of sp³-hybridized carbons (Fsp3) is 0.214. The van der Waals surface area contributed by atoms with Gasteiger partial charge in [-0.05, 0) is 25.1 Å². The summed E-state index contributed by atoms with van der Waals surface area (Å²) in [5.74, 6) is -1.51. The molecule has 0 atom stereocenters. The lowest BCUT2D eigenvalue weighted by Crippen LogP contribution is -2.16. The minimum atomic E-state index is -4.06. The number of esters is 2. The summed E-state index contributed by atoms with van der Waals surface area (Å²) in [5.41, 5.74) is 0.0279. The zero-order chi connectivity index (χ0) is 17.7. The molecule has 0 aliphatic heterocycles. The topological polar surface area (TPSA) is 127 Å². The molecule has 1 aromatic carbocycles. The number of rotatable bonds is 6. The average molecular weight is 353 g/mol. The molecular weight excluding hydrogens is 338 g/mol. The van der Waals surface area contributed by atoms with E-state index >= 15 is 0 Å². The van der Waals surface area contributed by atoms with Gasteiger partial charge in [0.25, 0.3) is 10.0 Å². The van der Waals surface area contributed by atoms with Crippen LogP contribution in [0.2, 0.25) is 0 Å². The van der Waals surface area contributed by atoms with Crippen LogP contribution in [0.5, 0.6) is 0 Å². The highest BCUT2D eigenvalue weighted by Gasteiger charge is 2.22. The zero-order valence-corrected chi connectivity index (χ0v) is 13.7. The van der Waals surface area contributed by atoms with Gasteiger partial charge in [-0.25, -0.2) is 18.0 Å². The van der Waals surface area contributed by atoms with Crippen molar-refractivity contribution >= 4 is 27.8 Å². The summed E-state index contributed by atoms with van der Waals surface area (Å²) in [6.07, 6.45) is 1.15. The summed E-state index contributed by atoms with van der Waals surface area (Å²) in [6.45, 7) is 1.76. The standard InChI is InChI=1S/C14H15N3O6S/c1-3-23-14(19)11-8-15-16-12(11)17-24(20,21)10-6-4-5-9(7-10)13(18)22-2/h4-8H,3H2,1-2H3,(H2,15,16,17). The minimum absolute atomic E-state index is 0.0513. The van der Waals surface area contributed by atoms with Crippen LogP contribution in [-0.2, 0) is 19.5 Å². The Morgan fingerprint density at radius 1 is 1.29 bits per heavy atom. The second kappa shape index (κ2) is 7.13. The number of carbonyl (C=O) groups excluding carboxylic acids is 2. The van der Waals surface area contributed by atoms with Gasteiger partial charge in [-0.2, -0.15) is 5.10 Å². The molecule has 0 bridgehead atoms. The van der Waals surface area contributed by atoms with E-state index in [0.717, 1.165) is 12.3 Å². The Morgan fingerprint density at radius 3 is 2.71 bits per heavy atom. The molecular formula is C14H15N3O6S. The summed E-state index contributed by atoms with van der Waals surface area (Å²) in [5, 5.41) is 6.02. The van der Waals surface area contributed by atoms with Gasteiger partial charge in [0.1, 0.15) is 11.4 Å². The van der Waals surface area contributed by atoms with E-state index in [9.17, 15) is 18.0 Å². The van der Waals surface area contributed by atoms with Gasteiger partial charge in [-0.1, -0.05) is 6.07 Å². The van der Waals surface area contributed by atoms with Crippen LogP contribution >= 0.6 is 0 Å². The number of benzene rings is 1. The van der Waals surface area contributed by atoms with Crippen molar-refractivity contribution < 1.29 is 27.5 Å². The van der Waals surface area contributed by atoms with E-state index in [2.05, 4.69) is 19.7 Å². The molecule has 2 rings (SSSR count). The first-order valence-corrected chi connectivity index (χ1v) is 8.29. The molecule has 128 valence electrons. The third-order valence-corrected chi connectivity index (χ3v) is 4.28. The van der Waals surface area contributed by atoms with E-state index < -0.39 is 22.0 Å². The smallest absolute Gasteiger partial charge is 0.343 e. The van der Waals surface area contributed by atoms with Crippen LogP contribution in [0.15, 0.2) is 35.4 Å². The van der Waals surface area contributed by atoms with E-state index in [-0.39, 0.29) is 28.4 Å². The Balaban J connectivity index is 2.32. The van der Waals surface area contributed by atoms with Crippen molar-refractivity contribution in [3.05, 3.63) is 41.6 Å². The molecule has 2 aromatic rings. The van der Waals surface area contributed by atoms with Gasteiger partial charge in [0, 0.05) is 0 Å². The molecule has 0 aliphatic carbocycles. The average Bonchev–Trinajstić information content (AvgIpc) is 3.02. The van der Waals surface area contributed by atoms with Crippen molar-refractivity contribution in [1.82, 2.24) is 10.2 Å². The number of nitrogens with zero attached hydrogens (tertiary/aromatic N) is 1. The number of anilines is 1. The largest absolute Gasteiger partial charge is 0.465 e. The van der Waals surface area contributed by atoms with Crippen molar-refractivity contribution in [3.63, 3.8) is 0 Å². The number of methoxy groups -OCH3 is 1. The molecule has 2 N–H and O–H groups in total. The summed E-state index contributed by atoms with van der Waals surface area (Å²) in [4.78, 5) is 23.1. The van der Waals surface area contributed by atoms with Crippen LogP contribution in [0.1, 0.15) is 27.6 Å². The van der Waals surface area contributed by atoms with Gasteiger partial charge in [0.2, 0.25) is 0 Å². The Hall–Kier alpha value is -2.88. The van der Waals surface area contributed by atoms with Gasteiger partial charge in [0.05, 0.1) is 30.4 Å². The Morgan fingerprint density at radius 2 is 2.04 bits per heavy atom. The van der Waals surface area contributed by atoms with Crippen molar-refractivity contribution in [3.8, 4) is 0 Å². The summed E-state index contributed by atoms with van der Waals surface area (Å²) < 4.78 is 36.4. The summed E-state index contributed by atoms with van der Waals surface area (Å²) >= 11 is 0. The normalized spacial score (nSPS) is 10.9. The third-order valence-electron chi connectivity index (χ3n) is 2.94. The van der Waals surface area contributed by atoms with E-state index in [1.54, 1.807) is 6.92 Å². The van der Waals surface area contributed by atoms with Crippen LogP contribution in [0.25, 0.3) is 0 Å². The molecule has 1 heterocycles. The SMILES string of the molecule is CCOC(=O)c1cn[nH]c1NS(=O)(=O)c1cccc(C(=O)OC)c1. The maximum atomic E-state index is 12.4. The molecule has 0 saturated heterocycles. The van der Waals surface area contributed by atoms with E-state index in [1.165, 1.54) is 25.3 Å². The Labute approximate surface area is 138 Å². The fourth-order valence-electron chi connectivity index (χ4n) is 1.83. The van der Waals surface area contributed by atoms with Crippen molar-refractivity contribution in [1.29, 1.82) is 0 Å². The second-order valence-electron chi connectivity index (χ2n) is 4.50. The van der Waals surface area contributed by atoms with Gasteiger partial charge in [-0.15, -0.1) is 0 Å². The molecule has 0 radical (unpaired) electrons. The highest BCUT2D eigenvalue weighted by Crippen LogP contribution is 2.19. The van der Waals surface area contributed by atoms with Crippen LogP contribution in [0, 0.1) is 0 Å². The highest BCUT2D eigenvalue weighted by molar-refractivity contribution is 7.92. The van der Waals surface area contributed by atoms with E-state index in [0.29, 0.717) is 0 Å². The molecule has 0 amide bonds. The highest BCUT2D eigenvalue weighted by atomic mass is 32.2. The van der Waals surface area contributed by atoms with Gasteiger partial charge in [0.15, 0.2) is 0 Å². The van der Waals surface area contributed by atoms with E-state index in [1.807, 2.05) is 0 Å². The van der Waals surface area contributed by atoms with Crippen LogP contribution in [0.3, 0.4) is 0 Å². The molecule has 10 heteroatoms. The lowest BCUT2D eigenvalue weighted by molar-refractivity contribution is 0.0526. The second-order valence-corrected chi connectivity index (χ2v) is 6.19. The maximum Gasteiger partial charge on any atom is 0.343 e. The Kier molecular flexibility index (Phi) is 5.19. The number of aromatic nitrogens is 2. The first kappa shape index (κ1) is 17.5. The number of carbonyl (C=O) groups is 2. The van der Waals surface area contributed by atoms with Gasteiger partial charge in [-0.3, -0.25) is 9.82 Å². The predicted octanol–water partition coefficient (Wildman–Crippen LogP) is 1.17. The molecule has 0 aliphatic rings. The van der Waals surface area contributed by atoms with Gasteiger partial charge < -0.3 is 9.47 Å². The molecule has 0 fully saturated rings. The fourth-order valence-corrected chi connectivity index (χ4v) is 2.91. The number of aromatic amines is 1. The van der Waals surface area contributed by atoms with Crippen molar-refractivity contribution in [2.45, 2.75) is 11.8 Å². The first-order chi connectivity index (χ1) is 11.4.